The van der Waals surface area contributed by atoms with Crippen molar-refractivity contribution in [3.63, 3.8) is 0 Å². The average molecular weight is 389 g/mol. The van der Waals surface area contributed by atoms with Crippen LogP contribution in [0.15, 0.2) is 39.0 Å². The number of benzene rings is 1. The van der Waals surface area contributed by atoms with Gasteiger partial charge in [0.1, 0.15) is 4.90 Å². The molecule has 0 atom stereocenters. The average Bonchev–Trinajstić information content (AvgIpc) is 2.89. The molecule has 0 bridgehead atoms. The van der Waals surface area contributed by atoms with Gasteiger partial charge in [-0.3, -0.25) is 4.72 Å². The minimum absolute atomic E-state index is 0.342. The van der Waals surface area contributed by atoms with Gasteiger partial charge in [0.2, 0.25) is 0 Å². The Morgan fingerprint density at radius 2 is 2.05 bits per heavy atom. The topological polar surface area (TPSA) is 58.2 Å². The van der Waals surface area contributed by atoms with E-state index in [0.29, 0.717) is 17.1 Å². The van der Waals surface area contributed by atoms with E-state index < -0.39 is 10.0 Å². The van der Waals surface area contributed by atoms with E-state index >= 15 is 0 Å². The van der Waals surface area contributed by atoms with E-state index in [1.54, 1.807) is 23.6 Å². The molecule has 1 heterocycles. The van der Waals surface area contributed by atoms with Gasteiger partial charge in [-0.2, -0.15) is 0 Å². The lowest BCUT2D eigenvalue weighted by Gasteiger charge is -2.10. The van der Waals surface area contributed by atoms with Crippen LogP contribution in [0.1, 0.15) is 17.4 Å². The van der Waals surface area contributed by atoms with Crippen LogP contribution >= 0.6 is 27.3 Å². The number of rotatable bonds is 6. The molecule has 0 spiro atoms. The summed E-state index contributed by atoms with van der Waals surface area (Å²) in [5.74, 6) is 0. The van der Waals surface area contributed by atoms with Crippen molar-refractivity contribution in [2.75, 3.05) is 11.3 Å². The molecular formula is C14H17BrN2O2S2. The molecule has 2 rings (SSSR count). The van der Waals surface area contributed by atoms with Crippen molar-refractivity contribution in [2.45, 2.75) is 25.3 Å². The summed E-state index contributed by atoms with van der Waals surface area (Å²) in [5.41, 5.74) is 1.55. The Balaban J connectivity index is 2.26. The molecule has 114 valence electrons. The zero-order valence-electron chi connectivity index (χ0n) is 11.8. The van der Waals surface area contributed by atoms with Gasteiger partial charge < -0.3 is 5.32 Å². The first-order valence-electron chi connectivity index (χ1n) is 6.50. The van der Waals surface area contributed by atoms with E-state index in [4.69, 9.17) is 0 Å². The first-order chi connectivity index (χ1) is 9.94. The Labute approximate surface area is 137 Å². The standard InChI is InChI=1S/C14H17BrN2O2S2/c1-3-16-9-13-14(6-7-20-13)21(18,19)17-11-4-5-12(15)10(2)8-11/h4-8,16-17H,3,9H2,1-2H3. The molecule has 0 saturated carbocycles. The highest BCUT2D eigenvalue weighted by Crippen LogP contribution is 2.26. The molecule has 2 N–H and O–H groups in total. The zero-order chi connectivity index (χ0) is 15.5. The molecule has 0 aliphatic rings. The highest BCUT2D eigenvalue weighted by atomic mass is 79.9. The third-order valence-corrected chi connectivity index (χ3v) is 6.35. The molecular weight excluding hydrogens is 372 g/mol. The molecule has 7 heteroatoms. The van der Waals surface area contributed by atoms with Gasteiger partial charge in [0.25, 0.3) is 10.0 Å². The fourth-order valence-electron chi connectivity index (χ4n) is 1.85. The summed E-state index contributed by atoms with van der Waals surface area (Å²) in [6.07, 6.45) is 0. The van der Waals surface area contributed by atoms with E-state index in [0.717, 1.165) is 21.5 Å². The highest BCUT2D eigenvalue weighted by Gasteiger charge is 2.19. The quantitative estimate of drug-likeness (QED) is 0.792. The summed E-state index contributed by atoms with van der Waals surface area (Å²) in [6.45, 7) is 5.27. The van der Waals surface area contributed by atoms with Crippen LogP contribution in [0.4, 0.5) is 5.69 Å². The fraction of sp³-hybridized carbons (Fsp3) is 0.286. The second kappa shape index (κ2) is 6.91. The second-order valence-electron chi connectivity index (χ2n) is 4.56. The predicted molar refractivity (Wildman–Crippen MR) is 91.4 cm³/mol. The maximum Gasteiger partial charge on any atom is 0.263 e. The SMILES string of the molecule is CCNCc1sccc1S(=O)(=O)Nc1ccc(Br)c(C)c1. The Morgan fingerprint density at radius 1 is 1.29 bits per heavy atom. The van der Waals surface area contributed by atoms with Crippen molar-refractivity contribution in [2.24, 2.45) is 0 Å². The number of hydrogen-bond donors (Lipinski definition) is 2. The lowest BCUT2D eigenvalue weighted by Crippen LogP contribution is -2.17. The van der Waals surface area contributed by atoms with Gasteiger partial charge >= 0.3 is 0 Å². The zero-order valence-corrected chi connectivity index (χ0v) is 15.0. The molecule has 0 aliphatic carbocycles. The predicted octanol–water partition coefficient (Wildman–Crippen LogP) is 3.73. The molecule has 1 aromatic heterocycles. The van der Waals surface area contributed by atoms with Gasteiger partial charge in [-0.15, -0.1) is 11.3 Å². The van der Waals surface area contributed by atoms with Crippen molar-refractivity contribution < 1.29 is 8.42 Å². The van der Waals surface area contributed by atoms with Gasteiger partial charge in [0.15, 0.2) is 0 Å². The molecule has 0 aliphatic heterocycles. The van der Waals surface area contributed by atoms with E-state index in [9.17, 15) is 8.42 Å². The molecule has 4 nitrogen and oxygen atoms in total. The van der Waals surface area contributed by atoms with Gasteiger partial charge in [-0.05, 0) is 48.7 Å². The van der Waals surface area contributed by atoms with Crippen LogP contribution in [0.2, 0.25) is 0 Å². The number of halogens is 1. The monoisotopic (exact) mass is 388 g/mol. The van der Waals surface area contributed by atoms with Crippen LogP contribution < -0.4 is 10.0 Å². The molecule has 0 unspecified atom stereocenters. The van der Waals surface area contributed by atoms with E-state index in [2.05, 4.69) is 26.0 Å². The number of sulfonamides is 1. The molecule has 0 radical (unpaired) electrons. The Hall–Kier alpha value is -0.890. The first-order valence-corrected chi connectivity index (χ1v) is 9.65. The van der Waals surface area contributed by atoms with Gasteiger partial charge in [-0.1, -0.05) is 22.9 Å². The van der Waals surface area contributed by atoms with Crippen LogP contribution in [0.5, 0.6) is 0 Å². The maximum absolute atomic E-state index is 12.5. The fourth-order valence-corrected chi connectivity index (χ4v) is 4.56. The van der Waals surface area contributed by atoms with Crippen molar-refractivity contribution in [3.8, 4) is 0 Å². The third kappa shape index (κ3) is 4.06. The van der Waals surface area contributed by atoms with Crippen molar-refractivity contribution in [3.05, 3.63) is 44.6 Å². The first kappa shape index (κ1) is 16.5. The van der Waals surface area contributed by atoms with Gasteiger partial charge in [0.05, 0.1) is 0 Å². The highest BCUT2D eigenvalue weighted by molar-refractivity contribution is 9.10. The molecule has 21 heavy (non-hydrogen) atoms. The Morgan fingerprint density at radius 3 is 2.71 bits per heavy atom. The normalized spacial score (nSPS) is 11.6. The lowest BCUT2D eigenvalue weighted by atomic mass is 10.2. The Bertz CT molecular complexity index is 726. The van der Waals surface area contributed by atoms with Crippen molar-refractivity contribution in [1.29, 1.82) is 0 Å². The van der Waals surface area contributed by atoms with Crippen molar-refractivity contribution >= 4 is 43.0 Å². The third-order valence-electron chi connectivity index (χ3n) is 2.94. The van der Waals surface area contributed by atoms with Crippen LogP contribution in [0, 0.1) is 6.92 Å². The number of nitrogens with one attached hydrogen (secondary N) is 2. The minimum Gasteiger partial charge on any atom is -0.312 e. The van der Waals surface area contributed by atoms with Gasteiger partial charge in [-0.25, -0.2) is 8.42 Å². The summed E-state index contributed by atoms with van der Waals surface area (Å²) in [5, 5.41) is 4.96. The number of aryl methyl sites for hydroxylation is 1. The van der Waals surface area contributed by atoms with Gasteiger partial charge in [0, 0.05) is 21.6 Å². The van der Waals surface area contributed by atoms with Crippen LogP contribution in [-0.4, -0.2) is 15.0 Å². The van der Waals surface area contributed by atoms with Crippen LogP contribution in [-0.2, 0) is 16.6 Å². The molecule has 0 amide bonds. The number of hydrogen-bond acceptors (Lipinski definition) is 4. The van der Waals surface area contributed by atoms with E-state index in [1.165, 1.54) is 11.3 Å². The molecule has 1 aromatic carbocycles. The van der Waals surface area contributed by atoms with Crippen molar-refractivity contribution in [1.82, 2.24) is 5.32 Å². The summed E-state index contributed by atoms with van der Waals surface area (Å²) in [4.78, 5) is 1.16. The Kier molecular flexibility index (Phi) is 5.43. The number of anilines is 1. The maximum atomic E-state index is 12.5. The largest absolute Gasteiger partial charge is 0.312 e. The summed E-state index contributed by atoms with van der Waals surface area (Å²) in [7, 11) is -3.56. The van der Waals surface area contributed by atoms with E-state index in [1.807, 2.05) is 19.9 Å². The molecule has 2 aromatic rings. The second-order valence-corrected chi connectivity index (χ2v) is 8.06. The summed E-state index contributed by atoms with van der Waals surface area (Å²) in [6, 6.07) is 7.02. The molecule has 0 saturated heterocycles. The van der Waals surface area contributed by atoms with Crippen LogP contribution in [0.3, 0.4) is 0 Å². The minimum atomic E-state index is -3.56. The summed E-state index contributed by atoms with van der Waals surface area (Å²) >= 11 is 4.85. The number of thiophene rings is 1. The molecule has 0 fully saturated rings. The lowest BCUT2D eigenvalue weighted by molar-refractivity contribution is 0.599. The summed E-state index contributed by atoms with van der Waals surface area (Å²) < 4.78 is 28.6. The smallest absolute Gasteiger partial charge is 0.263 e. The van der Waals surface area contributed by atoms with E-state index in [-0.39, 0.29) is 0 Å². The van der Waals surface area contributed by atoms with Crippen LogP contribution in [0.25, 0.3) is 0 Å².